The molecule has 0 spiro atoms. The van der Waals surface area contributed by atoms with E-state index in [0.29, 0.717) is 5.92 Å². The Morgan fingerprint density at radius 2 is 2.25 bits per heavy atom. The molecule has 8 heavy (non-hydrogen) atoms. The second-order valence-corrected chi connectivity index (χ2v) is 2.95. The van der Waals surface area contributed by atoms with Crippen LogP contribution in [0.1, 0.15) is 19.3 Å². The van der Waals surface area contributed by atoms with Gasteiger partial charge in [0.25, 0.3) is 0 Å². The standard InChI is InChI=1S/C6H11ClO/c7-6-3-1-2-5(6)4-8/h5-6,8H,1-4H2/t5-,6+/m1/s1. The zero-order valence-electron chi connectivity index (χ0n) is 4.81. The van der Waals surface area contributed by atoms with Crippen molar-refractivity contribution in [1.29, 1.82) is 0 Å². The first-order chi connectivity index (χ1) is 3.84. The minimum Gasteiger partial charge on any atom is -0.396 e. The van der Waals surface area contributed by atoms with E-state index in [1.807, 2.05) is 0 Å². The number of hydrogen-bond donors (Lipinski definition) is 1. The molecule has 1 N–H and O–H groups in total. The Morgan fingerprint density at radius 3 is 2.50 bits per heavy atom. The van der Waals surface area contributed by atoms with E-state index in [1.54, 1.807) is 0 Å². The van der Waals surface area contributed by atoms with Gasteiger partial charge >= 0.3 is 0 Å². The molecule has 1 aliphatic rings. The first-order valence-corrected chi connectivity index (χ1v) is 3.53. The lowest BCUT2D eigenvalue weighted by Gasteiger charge is -2.07. The Hall–Kier alpha value is 0.250. The Balaban J connectivity index is 2.30. The Bertz CT molecular complexity index is 74.9. The molecule has 48 valence electrons. The van der Waals surface area contributed by atoms with Gasteiger partial charge in [0.1, 0.15) is 0 Å². The van der Waals surface area contributed by atoms with E-state index in [1.165, 1.54) is 6.42 Å². The molecule has 0 saturated heterocycles. The number of aliphatic hydroxyl groups excluding tert-OH is 1. The van der Waals surface area contributed by atoms with Crippen molar-refractivity contribution in [3.8, 4) is 0 Å². The molecule has 1 rings (SSSR count). The predicted molar refractivity (Wildman–Crippen MR) is 34.1 cm³/mol. The fraction of sp³-hybridized carbons (Fsp3) is 1.00. The van der Waals surface area contributed by atoms with Crippen LogP contribution in [0.4, 0.5) is 0 Å². The van der Waals surface area contributed by atoms with E-state index in [9.17, 15) is 0 Å². The second kappa shape index (κ2) is 2.70. The minimum atomic E-state index is 0.250. The SMILES string of the molecule is OC[C@H]1CCC[C@@H]1Cl. The highest BCUT2D eigenvalue weighted by molar-refractivity contribution is 6.20. The largest absolute Gasteiger partial charge is 0.396 e. The van der Waals surface area contributed by atoms with E-state index < -0.39 is 0 Å². The smallest absolute Gasteiger partial charge is 0.0473 e. The van der Waals surface area contributed by atoms with Crippen molar-refractivity contribution in [2.24, 2.45) is 5.92 Å². The van der Waals surface area contributed by atoms with Gasteiger partial charge in [0.05, 0.1) is 0 Å². The predicted octanol–water partition coefficient (Wildman–Crippen LogP) is 1.39. The van der Waals surface area contributed by atoms with Crippen LogP contribution < -0.4 is 0 Å². The molecular weight excluding hydrogens is 124 g/mol. The molecule has 0 unspecified atom stereocenters. The summed E-state index contributed by atoms with van der Waals surface area (Å²) in [5, 5.41) is 8.90. The first-order valence-electron chi connectivity index (χ1n) is 3.09. The van der Waals surface area contributed by atoms with Gasteiger partial charge in [-0.1, -0.05) is 6.42 Å². The normalized spacial score (nSPS) is 38.2. The summed E-state index contributed by atoms with van der Waals surface area (Å²) in [5.41, 5.74) is 0. The van der Waals surface area contributed by atoms with Gasteiger partial charge in [0.2, 0.25) is 0 Å². The molecule has 0 bridgehead atoms. The number of aliphatic hydroxyl groups is 1. The number of alkyl halides is 1. The maximum atomic E-state index is 8.65. The minimum absolute atomic E-state index is 0.250. The zero-order valence-corrected chi connectivity index (χ0v) is 5.56. The van der Waals surface area contributed by atoms with Crippen molar-refractivity contribution in [3.63, 3.8) is 0 Å². The maximum Gasteiger partial charge on any atom is 0.0473 e. The zero-order chi connectivity index (χ0) is 5.98. The molecular formula is C6H11ClO. The molecule has 1 nitrogen and oxygen atoms in total. The molecule has 0 aromatic carbocycles. The molecule has 0 aliphatic heterocycles. The molecule has 0 amide bonds. The number of rotatable bonds is 1. The van der Waals surface area contributed by atoms with Gasteiger partial charge in [-0.15, -0.1) is 11.6 Å². The van der Waals surface area contributed by atoms with Crippen molar-refractivity contribution >= 4 is 11.6 Å². The lowest BCUT2D eigenvalue weighted by molar-refractivity contribution is 0.232. The summed E-state index contributed by atoms with van der Waals surface area (Å²) < 4.78 is 0. The quantitative estimate of drug-likeness (QED) is 0.538. The highest BCUT2D eigenvalue weighted by Crippen LogP contribution is 2.29. The maximum absolute atomic E-state index is 8.65. The average molecular weight is 135 g/mol. The summed E-state index contributed by atoms with van der Waals surface area (Å²) in [6.45, 7) is 0.272. The van der Waals surface area contributed by atoms with Gasteiger partial charge in [-0.05, 0) is 18.8 Å². The molecule has 1 saturated carbocycles. The fourth-order valence-electron chi connectivity index (χ4n) is 1.20. The van der Waals surface area contributed by atoms with Crippen molar-refractivity contribution in [3.05, 3.63) is 0 Å². The van der Waals surface area contributed by atoms with E-state index in [-0.39, 0.29) is 12.0 Å². The molecule has 0 aromatic rings. The van der Waals surface area contributed by atoms with Crippen LogP contribution in [0.5, 0.6) is 0 Å². The summed E-state index contributed by atoms with van der Waals surface area (Å²) in [6, 6.07) is 0. The first kappa shape index (κ1) is 6.37. The summed E-state index contributed by atoms with van der Waals surface area (Å²) in [4.78, 5) is 0. The molecule has 1 fully saturated rings. The Kier molecular flexibility index (Phi) is 2.15. The summed E-state index contributed by atoms with van der Waals surface area (Å²) >= 11 is 5.82. The third kappa shape index (κ3) is 1.15. The van der Waals surface area contributed by atoms with E-state index >= 15 is 0 Å². The molecule has 2 heteroatoms. The van der Waals surface area contributed by atoms with Gasteiger partial charge in [-0.3, -0.25) is 0 Å². The number of hydrogen-bond acceptors (Lipinski definition) is 1. The van der Waals surface area contributed by atoms with Crippen molar-refractivity contribution in [2.75, 3.05) is 6.61 Å². The van der Waals surface area contributed by atoms with Crippen LogP contribution in [-0.2, 0) is 0 Å². The Labute approximate surface area is 54.7 Å². The average Bonchev–Trinajstić information content (AvgIpc) is 2.14. The van der Waals surface area contributed by atoms with Gasteiger partial charge in [0, 0.05) is 12.0 Å². The summed E-state index contributed by atoms with van der Waals surface area (Å²) in [5.74, 6) is 0.386. The third-order valence-corrected chi connectivity index (χ3v) is 2.38. The fourth-order valence-corrected chi connectivity index (χ4v) is 1.56. The van der Waals surface area contributed by atoms with Gasteiger partial charge in [-0.25, -0.2) is 0 Å². The monoisotopic (exact) mass is 134 g/mol. The summed E-state index contributed by atoms with van der Waals surface area (Å²) in [7, 11) is 0. The topological polar surface area (TPSA) is 20.2 Å². The lowest BCUT2D eigenvalue weighted by atomic mass is 10.1. The highest BCUT2D eigenvalue weighted by atomic mass is 35.5. The number of halogens is 1. The van der Waals surface area contributed by atoms with E-state index in [2.05, 4.69) is 0 Å². The molecule has 0 heterocycles. The van der Waals surface area contributed by atoms with Gasteiger partial charge < -0.3 is 5.11 Å². The van der Waals surface area contributed by atoms with Gasteiger partial charge in [0.15, 0.2) is 0 Å². The van der Waals surface area contributed by atoms with Crippen LogP contribution >= 0.6 is 11.6 Å². The Morgan fingerprint density at radius 1 is 1.50 bits per heavy atom. The highest BCUT2D eigenvalue weighted by Gasteiger charge is 2.23. The third-order valence-electron chi connectivity index (χ3n) is 1.80. The van der Waals surface area contributed by atoms with Crippen molar-refractivity contribution in [2.45, 2.75) is 24.6 Å². The van der Waals surface area contributed by atoms with Crippen LogP contribution in [-0.4, -0.2) is 17.1 Å². The van der Waals surface area contributed by atoms with Crippen LogP contribution in [0.3, 0.4) is 0 Å². The van der Waals surface area contributed by atoms with Crippen LogP contribution in [0.25, 0.3) is 0 Å². The molecule has 0 radical (unpaired) electrons. The van der Waals surface area contributed by atoms with Crippen LogP contribution in [0.2, 0.25) is 0 Å². The van der Waals surface area contributed by atoms with Gasteiger partial charge in [-0.2, -0.15) is 0 Å². The van der Waals surface area contributed by atoms with Crippen LogP contribution in [0.15, 0.2) is 0 Å². The molecule has 2 atom stereocenters. The van der Waals surface area contributed by atoms with Crippen molar-refractivity contribution < 1.29 is 5.11 Å². The molecule has 0 aromatic heterocycles. The second-order valence-electron chi connectivity index (χ2n) is 2.39. The van der Waals surface area contributed by atoms with Crippen LogP contribution in [0, 0.1) is 5.92 Å². The van der Waals surface area contributed by atoms with Crippen molar-refractivity contribution in [1.82, 2.24) is 0 Å². The summed E-state index contributed by atoms with van der Waals surface area (Å²) in [6.07, 6.45) is 3.40. The van der Waals surface area contributed by atoms with E-state index in [0.717, 1.165) is 12.8 Å². The molecule has 1 aliphatic carbocycles. The lowest BCUT2D eigenvalue weighted by Crippen LogP contribution is -2.10. The van der Waals surface area contributed by atoms with E-state index in [4.69, 9.17) is 16.7 Å².